The Balaban J connectivity index is 2.36. The van der Waals surface area contributed by atoms with Crippen LogP contribution in [0.5, 0.6) is 0 Å². The molecule has 0 N–H and O–H groups in total. The lowest BCUT2D eigenvalue weighted by Gasteiger charge is -2.36. The van der Waals surface area contributed by atoms with Crippen molar-refractivity contribution < 1.29 is 13.2 Å². The molecule has 0 spiro atoms. The zero-order chi connectivity index (χ0) is 10.8. The minimum Gasteiger partial charge on any atom is -0.299 e. The van der Waals surface area contributed by atoms with Gasteiger partial charge < -0.3 is 0 Å². The fourth-order valence-electron chi connectivity index (χ4n) is 1.75. The van der Waals surface area contributed by atoms with E-state index in [1.54, 1.807) is 0 Å². The van der Waals surface area contributed by atoms with E-state index in [4.69, 9.17) is 11.6 Å². The van der Waals surface area contributed by atoms with Gasteiger partial charge in [0.1, 0.15) is 0 Å². The lowest BCUT2D eigenvalue weighted by molar-refractivity contribution is -0.139. The first-order valence-electron chi connectivity index (χ1n) is 4.85. The predicted molar refractivity (Wildman–Crippen MR) is 50.6 cm³/mol. The van der Waals surface area contributed by atoms with Crippen LogP contribution in [0, 0.1) is 0 Å². The van der Waals surface area contributed by atoms with E-state index in [0.29, 0.717) is 0 Å². The van der Waals surface area contributed by atoms with E-state index in [1.807, 2.05) is 11.8 Å². The van der Waals surface area contributed by atoms with Crippen LogP contribution in [0.2, 0.25) is 0 Å². The lowest BCUT2D eigenvalue weighted by Crippen LogP contribution is -2.45. The van der Waals surface area contributed by atoms with Crippen LogP contribution in [0.4, 0.5) is 13.2 Å². The summed E-state index contributed by atoms with van der Waals surface area (Å²) < 4.78 is 35.9. The fourth-order valence-corrected chi connectivity index (χ4v) is 2.06. The molecular weight excluding hydrogens is 215 g/mol. The van der Waals surface area contributed by atoms with Crippen LogP contribution in [0.25, 0.3) is 0 Å². The van der Waals surface area contributed by atoms with Gasteiger partial charge in [-0.15, -0.1) is 11.6 Å². The van der Waals surface area contributed by atoms with E-state index in [-0.39, 0.29) is 18.0 Å². The van der Waals surface area contributed by atoms with Gasteiger partial charge in [-0.25, -0.2) is 0 Å². The average molecular weight is 230 g/mol. The maximum atomic E-state index is 12.0. The average Bonchev–Trinajstić information content (AvgIpc) is 2.06. The third-order valence-corrected chi connectivity index (χ3v) is 3.29. The number of hydrogen-bond acceptors (Lipinski definition) is 1. The summed E-state index contributed by atoms with van der Waals surface area (Å²) in [6.07, 6.45) is -2.98. The minimum absolute atomic E-state index is 0.00279. The topological polar surface area (TPSA) is 3.24 Å². The Morgan fingerprint density at radius 2 is 2.07 bits per heavy atom. The molecule has 0 aromatic carbocycles. The highest BCUT2D eigenvalue weighted by Gasteiger charge is 2.31. The highest BCUT2D eigenvalue weighted by molar-refractivity contribution is 6.21. The molecular formula is C9H15ClF3N. The Labute approximate surface area is 87.2 Å². The van der Waals surface area contributed by atoms with Crippen molar-refractivity contribution in [1.29, 1.82) is 0 Å². The number of alkyl halides is 4. The molecule has 14 heavy (non-hydrogen) atoms. The van der Waals surface area contributed by atoms with Gasteiger partial charge in [0, 0.05) is 18.0 Å². The van der Waals surface area contributed by atoms with Gasteiger partial charge >= 0.3 is 6.18 Å². The highest BCUT2D eigenvalue weighted by atomic mass is 35.5. The SMILES string of the molecule is CC1C(Cl)CCCN1CCC(F)(F)F. The van der Waals surface area contributed by atoms with E-state index in [0.717, 1.165) is 19.4 Å². The summed E-state index contributed by atoms with van der Waals surface area (Å²) >= 11 is 5.99. The molecule has 0 amide bonds. The number of nitrogens with zero attached hydrogens (tertiary/aromatic N) is 1. The van der Waals surface area contributed by atoms with Gasteiger partial charge in [0.25, 0.3) is 0 Å². The van der Waals surface area contributed by atoms with Gasteiger partial charge in [0.05, 0.1) is 6.42 Å². The summed E-state index contributed by atoms with van der Waals surface area (Å²) in [5.74, 6) is 0. The summed E-state index contributed by atoms with van der Waals surface area (Å²) in [5, 5.41) is -0.00279. The van der Waals surface area contributed by atoms with Crippen molar-refractivity contribution in [3.05, 3.63) is 0 Å². The number of hydrogen-bond donors (Lipinski definition) is 0. The Morgan fingerprint density at radius 3 is 2.64 bits per heavy atom. The molecule has 0 aromatic heterocycles. The molecule has 1 aliphatic heterocycles. The molecule has 2 atom stereocenters. The highest BCUT2D eigenvalue weighted by Crippen LogP contribution is 2.25. The Hall–Kier alpha value is 0.0400. The van der Waals surface area contributed by atoms with E-state index in [9.17, 15) is 13.2 Å². The van der Waals surface area contributed by atoms with Crippen LogP contribution in [0.1, 0.15) is 26.2 Å². The number of piperidine rings is 1. The maximum Gasteiger partial charge on any atom is 0.390 e. The van der Waals surface area contributed by atoms with Gasteiger partial charge in [-0.05, 0) is 26.3 Å². The second-order valence-electron chi connectivity index (χ2n) is 3.80. The summed E-state index contributed by atoms with van der Waals surface area (Å²) in [4.78, 5) is 1.83. The van der Waals surface area contributed by atoms with Crippen molar-refractivity contribution in [3.8, 4) is 0 Å². The van der Waals surface area contributed by atoms with Gasteiger partial charge in [-0.1, -0.05) is 0 Å². The second-order valence-corrected chi connectivity index (χ2v) is 4.36. The third-order valence-electron chi connectivity index (χ3n) is 2.71. The fraction of sp³-hybridized carbons (Fsp3) is 1.00. The monoisotopic (exact) mass is 229 g/mol. The van der Waals surface area contributed by atoms with Crippen molar-refractivity contribution in [2.45, 2.75) is 43.8 Å². The van der Waals surface area contributed by atoms with E-state index in [2.05, 4.69) is 0 Å². The molecule has 0 saturated carbocycles. The summed E-state index contributed by atoms with van der Waals surface area (Å²) in [6, 6.07) is 0.0627. The van der Waals surface area contributed by atoms with Crippen LogP contribution in [0.15, 0.2) is 0 Å². The largest absolute Gasteiger partial charge is 0.390 e. The molecule has 1 aliphatic rings. The molecule has 0 bridgehead atoms. The van der Waals surface area contributed by atoms with Gasteiger partial charge in [0.2, 0.25) is 0 Å². The first-order chi connectivity index (χ1) is 6.40. The van der Waals surface area contributed by atoms with Crippen LogP contribution in [-0.2, 0) is 0 Å². The molecule has 1 rings (SSSR count). The van der Waals surface area contributed by atoms with Crippen LogP contribution in [0.3, 0.4) is 0 Å². The van der Waals surface area contributed by atoms with E-state index in [1.165, 1.54) is 0 Å². The molecule has 1 heterocycles. The molecule has 0 aromatic rings. The first-order valence-corrected chi connectivity index (χ1v) is 5.28. The van der Waals surface area contributed by atoms with Crippen molar-refractivity contribution in [2.24, 2.45) is 0 Å². The Morgan fingerprint density at radius 1 is 1.43 bits per heavy atom. The van der Waals surface area contributed by atoms with Crippen molar-refractivity contribution in [3.63, 3.8) is 0 Å². The second kappa shape index (κ2) is 4.71. The summed E-state index contributed by atoms with van der Waals surface area (Å²) in [6.45, 7) is 2.71. The number of likely N-dealkylation sites (tertiary alicyclic amines) is 1. The van der Waals surface area contributed by atoms with Gasteiger partial charge in [-0.3, -0.25) is 4.90 Å². The third kappa shape index (κ3) is 3.65. The lowest BCUT2D eigenvalue weighted by atomic mass is 10.0. The molecule has 1 fully saturated rings. The van der Waals surface area contributed by atoms with Crippen molar-refractivity contribution in [2.75, 3.05) is 13.1 Å². The van der Waals surface area contributed by atoms with Gasteiger partial charge in [-0.2, -0.15) is 13.2 Å². The van der Waals surface area contributed by atoms with Crippen LogP contribution in [-0.4, -0.2) is 35.6 Å². The zero-order valence-electron chi connectivity index (χ0n) is 8.15. The molecule has 84 valence electrons. The molecule has 1 nitrogen and oxygen atoms in total. The number of halogens is 4. The van der Waals surface area contributed by atoms with Crippen LogP contribution >= 0.6 is 11.6 Å². The predicted octanol–water partition coefficient (Wildman–Crippen LogP) is 3.03. The summed E-state index contributed by atoms with van der Waals surface area (Å²) in [7, 11) is 0. The normalized spacial score (nSPS) is 30.6. The maximum absolute atomic E-state index is 12.0. The molecule has 1 saturated heterocycles. The summed E-state index contributed by atoms with van der Waals surface area (Å²) in [5.41, 5.74) is 0. The zero-order valence-corrected chi connectivity index (χ0v) is 8.91. The smallest absolute Gasteiger partial charge is 0.299 e. The molecule has 0 radical (unpaired) electrons. The Bertz CT molecular complexity index is 183. The number of rotatable bonds is 2. The van der Waals surface area contributed by atoms with E-state index >= 15 is 0 Å². The van der Waals surface area contributed by atoms with Crippen molar-refractivity contribution in [1.82, 2.24) is 4.90 Å². The standard InChI is InChI=1S/C9H15ClF3N/c1-7-8(10)3-2-5-14(7)6-4-9(11,12)13/h7-8H,2-6H2,1H3. The van der Waals surface area contributed by atoms with Crippen molar-refractivity contribution >= 4 is 11.6 Å². The molecule has 2 unspecified atom stereocenters. The first kappa shape index (κ1) is 12.1. The molecule has 0 aliphatic carbocycles. The minimum atomic E-state index is -4.06. The quantitative estimate of drug-likeness (QED) is 0.658. The van der Waals surface area contributed by atoms with Gasteiger partial charge in [0.15, 0.2) is 0 Å². The molecule has 5 heteroatoms. The van der Waals surface area contributed by atoms with E-state index < -0.39 is 12.6 Å². The van der Waals surface area contributed by atoms with Crippen LogP contribution < -0.4 is 0 Å². The Kier molecular flexibility index (Phi) is 4.07.